The third-order valence-corrected chi connectivity index (χ3v) is 5.14. The molecule has 2 aliphatic rings. The molecule has 1 aromatic rings. The van der Waals surface area contributed by atoms with Crippen molar-refractivity contribution in [3.05, 3.63) is 27.2 Å². The normalized spacial score (nSPS) is 23.3. The van der Waals surface area contributed by atoms with Gasteiger partial charge in [0.1, 0.15) is 18.4 Å². The van der Waals surface area contributed by atoms with E-state index in [0.29, 0.717) is 6.61 Å². The molecule has 1 aromatic carbocycles. The van der Waals surface area contributed by atoms with Crippen molar-refractivity contribution in [1.29, 1.82) is 0 Å². The highest BCUT2D eigenvalue weighted by Crippen LogP contribution is 2.36. The number of carbonyl (C=O) groups excluding carboxylic acids is 1. The minimum atomic E-state index is -0.0935. The highest BCUT2D eigenvalue weighted by Gasteiger charge is 2.35. The first-order valence-electron chi connectivity index (χ1n) is 6.80. The Hall–Kier alpha value is -0.870. The summed E-state index contributed by atoms with van der Waals surface area (Å²) in [5.41, 5.74) is 2.95. The third-order valence-electron chi connectivity index (χ3n) is 4.31. The van der Waals surface area contributed by atoms with E-state index >= 15 is 0 Å². The summed E-state index contributed by atoms with van der Waals surface area (Å²) in [6.45, 7) is 6.58. The molecule has 3 rings (SSSR count). The molecular formula is C15H18BrNO2. The molecule has 0 amide bonds. The number of halogens is 1. The lowest BCUT2D eigenvalue weighted by Crippen LogP contribution is -2.46. The Morgan fingerprint density at radius 3 is 2.63 bits per heavy atom. The maximum atomic E-state index is 12.7. The van der Waals surface area contributed by atoms with Crippen molar-refractivity contribution in [2.24, 2.45) is 0 Å². The van der Waals surface area contributed by atoms with E-state index in [0.717, 1.165) is 40.0 Å². The van der Waals surface area contributed by atoms with Crippen molar-refractivity contribution in [2.75, 3.05) is 19.7 Å². The van der Waals surface area contributed by atoms with E-state index in [1.807, 2.05) is 19.9 Å². The van der Waals surface area contributed by atoms with Crippen molar-refractivity contribution in [3.8, 4) is 5.75 Å². The first kappa shape index (κ1) is 13.1. The Labute approximate surface area is 122 Å². The molecule has 1 fully saturated rings. The molecule has 0 aromatic heterocycles. The van der Waals surface area contributed by atoms with E-state index in [2.05, 4.69) is 20.8 Å². The van der Waals surface area contributed by atoms with Crippen molar-refractivity contribution >= 4 is 21.7 Å². The highest BCUT2D eigenvalue weighted by atomic mass is 79.9. The van der Waals surface area contributed by atoms with Crippen LogP contribution in [0.15, 0.2) is 10.5 Å². The van der Waals surface area contributed by atoms with Crippen LogP contribution in [0.5, 0.6) is 5.75 Å². The van der Waals surface area contributed by atoms with Crippen molar-refractivity contribution in [3.63, 3.8) is 0 Å². The fraction of sp³-hybridized carbons (Fsp3) is 0.533. The Balaban J connectivity index is 1.99. The van der Waals surface area contributed by atoms with Gasteiger partial charge < -0.3 is 4.74 Å². The number of carbonyl (C=O) groups is 1. The number of likely N-dealkylation sites (tertiary alicyclic amines) is 1. The second kappa shape index (κ2) is 4.91. The van der Waals surface area contributed by atoms with E-state index in [-0.39, 0.29) is 11.8 Å². The van der Waals surface area contributed by atoms with Crippen LogP contribution >= 0.6 is 15.9 Å². The van der Waals surface area contributed by atoms with Crippen LogP contribution in [-0.2, 0) is 0 Å². The number of ketones is 1. The summed E-state index contributed by atoms with van der Waals surface area (Å²) in [6, 6.07) is 1.83. The predicted octanol–water partition coefficient (Wildman–Crippen LogP) is 3.11. The van der Waals surface area contributed by atoms with Crippen LogP contribution in [0.2, 0.25) is 0 Å². The minimum absolute atomic E-state index is 0.0935. The first-order chi connectivity index (χ1) is 9.09. The largest absolute Gasteiger partial charge is 0.490 e. The fourth-order valence-corrected chi connectivity index (χ4v) is 3.49. The van der Waals surface area contributed by atoms with Crippen LogP contribution < -0.4 is 4.74 Å². The third kappa shape index (κ3) is 2.11. The zero-order valence-electron chi connectivity index (χ0n) is 11.3. The lowest BCUT2D eigenvalue weighted by atomic mass is 9.95. The lowest BCUT2D eigenvalue weighted by molar-refractivity contribution is 0.0717. The summed E-state index contributed by atoms with van der Waals surface area (Å²) in [4.78, 5) is 14.9. The summed E-state index contributed by atoms with van der Waals surface area (Å²) in [6.07, 6.45) is 2.38. The van der Waals surface area contributed by atoms with E-state index in [1.165, 1.54) is 12.8 Å². The number of benzene rings is 1. The molecular weight excluding hydrogens is 306 g/mol. The fourth-order valence-electron chi connectivity index (χ4n) is 2.96. The molecule has 0 N–H and O–H groups in total. The Kier molecular flexibility index (Phi) is 3.39. The Bertz CT molecular complexity index is 535. The van der Waals surface area contributed by atoms with Gasteiger partial charge in [-0.1, -0.05) is 15.9 Å². The summed E-state index contributed by atoms with van der Waals surface area (Å²) >= 11 is 3.53. The standard InChI is InChI=1S/C15H18BrNO2/c1-9-10(2)15-11(7-12(9)16)14(18)13(8-19-15)17-5-3-4-6-17/h7,13H,3-6,8H2,1-2H3/t13-/m0/s1. The van der Waals surface area contributed by atoms with Gasteiger partial charge in [0.05, 0.1) is 5.56 Å². The summed E-state index contributed by atoms with van der Waals surface area (Å²) in [7, 11) is 0. The van der Waals surface area contributed by atoms with E-state index in [1.54, 1.807) is 0 Å². The highest BCUT2D eigenvalue weighted by molar-refractivity contribution is 9.10. The number of fused-ring (bicyclic) bond motifs is 1. The number of rotatable bonds is 1. The monoisotopic (exact) mass is 323 g/mol. The number of ether oxygens (including phenoxy) is 1. The summed E-state index contributed by atoms with van der Waals surface area (Å²) in [5, 5.41) is 0. The average molecular weight is 324 g/mol. The van der Waals surface area contributed by atoms with Crippen LogP contribution in [0.3, 0.4) is 0 Å². The van der Waals surface area contributed by atoms with Gasteiger partial charge in [-0.25, -0.2) is 0 Å². The molecule has 0 radical (unpaired) electrons. The summed E-state index contributed by atoms with van der Waals surface area (Å²) in [5.74, 6) is 0.994. The van der Waals surface area contributed by atoms with Crippen LogP contribution in [0, 0.1) is 13.8 Å². The predicted molar refractivity (Wildman–Crippen MR) is 78.0 cm³/mol. The molecule has 0 unspecified atom stereocenters. The van der Waals surface area contributed by atoms with Gasteiger partial charge in [-0.2, -0.15) is 0 Å². The molecule has 3 nitrogen and oxygen atoms in total. The number of hydrogen-bond donors (Lipinski definition) is 0. The molecule has 0 spiro atoms. The second-order valence-corrected chi connectivity index (χ2v) is 6.27. The quantitative estimate of drug-likeness (QED) is 0.795. The van der Waals surface area contributed by atoms with Gasteiger partial charge in [-0.05, 0) is 57.0 Å². The molecule has 19 heavy (non-hydrogen) atoms. The van der Waals surface area contributed by atoms with Gasteiger partial charge in [0, 0.05) is 4.47 Å². The molecule has 4 heteroatoms. The van der Waals surface area contributed by atoms with E-state index in [9.17, 15) is 4.79 Å². The molecule has 1 atom stereocenters. The number of Topliss-reactive ketones (excluding diaryl/α,β-unsaturated/α-hetero) is 1. The van der Waals surface area contributed by atoms with Crippen LogP contribution in [-0.4, -0.2) is 36.4 Å². The second-order valence-electron chi connectivity index (χ2n) is 5.42. The molecule has 102 valence electrons. The molecule has 0 bridgehead atoms. The lowest BCUT2D eigenvalue weighted by Gasteiger charge is -2.32. The first-order valence-corrected chi connectivity index (χ1v) is 7.59. The number of hydrogen-bond acceptors (Lipinski definition) is 3. The molecule has 2 heterocycles. The molecule has 0 aliphatic carbocycles. The van der Waals surface area contributed by atoms with Crippen molar-refractivity contribution in [2.45, 2.75) is 32.7 Å². The minimum Gasteiger partial charge on any atom is -0.490 e. The van der Waals surface area contributed by atoms with Gasteiger partial charge in [0.2, 0.25) is 0 Å². The maximum absolute atomic E-state index is 12.7. The van der Waals surface area contributed by atoms with Crippen LogP contribution in [0.25, 0.3) is 0 Å². The summed E-state index contributed by atoms with van der Waals surface area (Å²) < 4.78 is 6.89. The molecule has 1 saturated heterocycles. The maximum Gasteiger partial charge on any atom is 0.187 e. The topological polar surface area (TPSA) is 29.5 Å². The zero-order chi connectivity index (χ0) is 13.6. The SMILES string of the molecule is Cc1c(Br)cc2c(c1C)OC[C@H](N1CCCC1)C2=O. The smallest absolute Gasteiger partial charge is 0.187 e. The van der Waals surface area contributed by atoms with Gasteiger partial charge >= 0.3 is 0 Å². The Morgan fingerprint density at radius 2 is 1.95 bits per heavy atom. The van der Waals surface area contributed by atoms with Gasteiger partial charge in [-0.15, -0.1) is 0 Å². The van der Waals surface area contributed by atoms with Crippen molar-refractivity contribution < 1.29 is 9.53 Å². The average Bonchev–Trinajstić information content (AvgIpc) is 2.91. The van der Waals surface area contributed by atoms with E-state index < -0.39 is 0 Å². The van der Waals surface area contributed by atoms with Crippen LogP contribution in [0.4, 0.5) is 0 Å². The van der Waals surface area contributed by atoms with Crippen molar-refractivity contribution in [1.82, 2.24) is 4.90 Å². The van der Waals surface area contributed by atoms with E-state index in [4.69, 9.17) is 4.74 Å². The van der Waals surface area contributed by atoms with Crippen LogP contribution in [0.1, 0.15) is 34.3 Å². The Morgan fingerprint density at radius 1 is 1.26 bits per heavy atom. The molecule has 2 aliphatic heterocycles. The number of nitrogens with zero attached hydrogens (tertiary/aromatic N) is 1. The molecule has 0 saturated carbocycles. The zero-order valence-corrected chi connectivity index (χ0v) is 12.9. The van der Waals surface area contributed by atoms with Gasteiger partial charge in [-0.3, -0.25) is 9.69 Å². The van der Waals surface area contributed by atoms with Gasteiger partial charge in [0.25, 0.3) is 0 Å². The van der Waals surface area contributed by atoms with Gasteiger partial charge in [0.15, 0.2) is 5.78 Å².